The number of anilines is 1. The summed E-state index contributed by atoms with van der Waals surface area (Å²) in [5.41, 5.74) is 1.11. The number of amides is 1. The van der Waals surface area contributed by atoms with Gasteiger partial charge in [-0.1, -0.05) is 11.6 Å². The van der Waals surface area contributed by atoms with Crippen LogP contribution in [-0.4, -0.2) is 5.91 Å². The molecule has 0 fully saturated rings. The van der Waals surface area contributed by atoms with E-state index >= 15 is 0 Å². The van der Waals surface area contributed by atoms with Crippen molar-refractivity contribution in [3.05, 3.63) is 74.0 Å². The fraction of sp³-hybridized carbons (Fsp3) is 0. The second-order valence-corrected chi connectivity index (χ2v) is 5.78. The van der Waals surface area contributed by atoms with Gasteiger partial charge >= 0.3 is 5.63 Å². The van der Waals surface area contributed by atoms with Gasteiger partial charge in [0.15, 0.2) is 0 Å². The minimum absolute atomic E-state index is 0.255. The summed E-state index contributed by atoms with van der Waals surface area (Å²) in [6.07, 6.45) is 0. The maximum atomic E-state index is 12.2. The van der Waals surface area contributed by atoms with Gasteiger partial charge in [0.05, 0.1) is 10.2 Å². The number of fused-ring (bicyclic) bond motifs is 1. The van der Waals surface area contributed by atoms with Crippen LogP contribution in [0.15, 0.2) is 62.2 Å². The zero-order valence-corrected chi connectivity index (χ0v) is 13.4. The lowest BCUT2D eigenvalue weighted by Gasteiger charge is -2.09. The van der Waals surface area contributed by atoms with Gasteiger partial charge in [-0.05, 0) is 58.4 Å². The highest BCUT2D eigenvalue weighted by atomic mass is 79.9. The predicted molar refractivity (Wildman–Crippen MR) is 89.6 cm³/mol. The van der Waals surface area contributed by atoms with E-state index in [2.05, 4.69) is 21.2 Å². The number of halogens is 2. The van der Waals surface area contributed by atoms with Crippen molar-refractivity contribution in [1.29, 1.82) is 0 Å². The molecule has 0 atom stereocenters. The van der Waals surface area contributed by atoms with E-state index < -0.39 is 5.63 Å². The molecule has 0 spiro atoms. The molecule has 0 bridgehead atoms. The molecule has 1 heterocycles. The average molecular weight is 379 g/mol. The van der Waals surface area contributed by atoms with E-state index in [-0.39, 0.29) is 5.91 Å². The Morgan fingerprint density at radius 2 is 1.77 bits per heavy atom. The molecule has 2 aromatic carbocycles. The largest absolute Gasteiger partial charge is 0.423 e. The molecule has 0 aliphatic heterocycles. The molecule has 6 heteroatoms. The summed E-state index contributed by atoms with van der Waals surface area (Å²) in [5, 5.41) is 4.07. The van der Waals surface area contributed by atoms with E-state index in [0.717, 1.165) is 0 Å². The Balaban J connectivity index is 1.95. The lowest BCUT2D eigenvalue weighted by Crippen LogP contribution is -2.12. The molecule has 1 N–H and O–H groups in total. The number of nitrogens with one attached hydrogen (secondary N) is 1. The standard InChI is InChI=1S/C16H9BrClNO3/c17-15-11-5-8-14(20)22-13(11)7-6-12(15)19-16(21)9-1-3-10(18)4-2-9/h1-8H,(H,19,21). The second-order valence-electron chi connectivity index (χ2n) is 4.55. The van der Waals surface area contributed by atoms with Gasteiger partial charge in [-0.15, -0.1) is 0 Å². The van der Waals surface area contributed by atoms with Crippen molar-refractivity contribution in [2.24, 2.45) is 0 Å². The van der Waals surface area contributed by atoms with Gasteiger partial charge in [0.1, 0.15) is 5.58 Å². The third-order valence-electron chi connectivity index (χ3n) is 3.09. The van der Waals surface area contributed by atoms with E-state index in [4.69, 9.17) is 16.0 Å². The quantitative estimate of drug-likeness (QED) is 0.670. The molecular weight excluding hydrogens is 370 g/mol. The van der Waals surface area contributed by atoms with Crippen LogP contribution in [0.2, 0.25) is 5.02 Å². The molecule has 0 radical (unpaired) electrons. The summed E-state index contributed by atoms with van der Waals surface area (Å²) in [6, 6.07) is 12.9. The lowest BCUT2D eigenvalue weighted by atomic mass is 10.2. The fourth-order valence-corrected chi connectivity index (χ4v) is 2.69. The van der Waals surface area contributed by atoms with Gasteiger partial charge in [0, 0.05) is 22.0 Å². The molecule has 0 saturated carbocycles. The van der Waals surface area contributed by atoms with Crippen molar-refractivity contribution in [1.82, 2.24) is 0 Å². The zero-order valence-electron chi connectivity index (χ0n) is 11.1. The third-order valence-corrected chi connectivity index (χ3v) is 4.20. The van der Waals surface area contributed by atoms with E-state index in [9.17, 15) is 9.59 Å². The number of benzene rings is 2. The molecule has 3 aromatic rings. The number of hydrogen-bond acceptors (Lipinski definition) is 3. The van der Waals surface area contributed by atoms with Crippen LogP contribution >= 0.6 is 27.5 Å². The number of carbonyl (C=O) groups is 1. The van der Waals surface area contributed by atoms with Crippen molar-refractivity contribution < 1.29 is 9.21 Å². The Bertz CT molecular complexity index is 919. The third kappa shape index (κ3) is 2.91. The van der Waals surface area contributed by atoms with E-state index in [1.54, 1.807) is 42.5 Å². The van der Waals surface area contributed by atoms with Crippen molar-refractivity contribution in [3.8, 4) is 0 Å². The summed E-state index contributed by atoms with van der Waals surface area (Å²) < 4.78 is 5.74. The Kier molecular flexibility index (Phi) is 4.00. The van der Waals surface area contributed by atoms with Crippen LogP contribution in [-0.2, 0) is 0 Å². The Hall–Kier alpha value is -2.11. The number of carbonyl (C=O) groups excluding carboxylic acids is 1. The van der Waals surface area contributed by atoms with Crippen LogP contribution in [0.5, 0.6) is 0 Å². The van der Waals surface area contributed by atoms with Crippen LogP contribution in [0.4, 0.5) is 5.69 Å². The molecule has 0 saturated heterocycles. The summed E-state index contributed by atoms with van der Waals surface area (Å²) in [6.45, 7) is 0. The molecule has 0 unspecified atom stereocenters. The highest BCUT2D eigenvalue weighted by Gasteiger charge is 2.11. The molecular formula is C16H9BrClNO3. The van der Waals surface area contributed by atoms with Gasteiger partial charge in [0.25, 0.3) is 5.91 Å². The van der Waals surface area contributed by atoms with Crippen molar-refractivity contribution in [2.45, 2.75) is 0 Å². The molecule has 22 heavy (non-hydrogen) atoms. The molecule has 110 valence electrons. The van der Waals surface area contributed by atoms with Gasteiger partial charge in [0.2, 0.25) is 0 Å². The smallest absolute Gasteiger partial charge is 0.336 e. The van der Waals surface area contributed by atoms with Crippen molar-refractivity contribution >= 4 is 50.1 Å². The zero-order chi connectivity index (χ0) is 15.7. The van der Waals surface area contributed by atoms with Gasteiger partial charge in [-0.2, -0.15) is 0 Å². The van der Waals surface area contributed by atoms with Crippen LogP contribution in [0.25, 0.3) is 11.0 Å². The maximum absolute atomic E-state index is 12.2. The molecule has 0 aliphatic rings. The number of rotatable bonds is 2. The van der Waals surface area contributed by atoms with E-state index in [1.165, 1.54) is 6.07 Å². The first kappa shape index (κ1) is 14.8. The van der Waals surface area contributed by atoms with Gasteiger partial charge in [-0.25, -0.2) is 4.79 Å². The van der Waals surface area contributed by atoms with Crippen molar-refractivity contribution in [2.75, 3.05) is 5.32 Å². The Morgan fingerprint density at radius 3 is 2.50 bits per heavy atom. The molecule has 1 aromatic heterocycles. The topological polar surface area (TPSA) is 59.3 Å². The van der Waals surface area contributed by atoms with Crippen LogP contribution in [0, 0.1) is 0 Å². The summed E-state index contributed by atoms with van der Waals surface area (Å²) in [5.74, 6) is -0.255. The Morgan fingerprint density at radius 1 is 1.05 bits per heavy atom. The highest BCUT2D eigenvalue weighted by molar-refractivity contribution is 9.10. The number of hydrogen-bond donors (Lipinski definition) is 1. The summed E-state index contributed by atoms with van der Waals surface area (Å²) in [4.78, 5) is 23.4. The molecule has 4 nitrogen and oxygen atoms in total. The first-order valence-electron chi connectivity index (χ1n) is 6.34. The van der Waals surface area contributed by atoms with Gasteiger partial charge in [-0.3, -0.25) is 4.79 Å². The second kappa shape index (κ2) is 5.94. The Labute approximate surface area is 138 Å². The average Bonchev–Trinajstić information content (AvgIpc) is 2.50. The normalized spacial score (nSPS) is 10.6. The van der Waals surface area contributed by atoms with Gasteiger partial charge < -0.3 is 9.73 Å². The minimum atomic E-state index is -0.419. The predicted octanol–water partition coefficient (Wildman–Crippen LogP) is 4.46. The van der Waals surface area contributed by atoms with Crippen LogP contribution in [0.1, 0.15) is 10.4 Å². The van der Waals surface area contributed by atoms with Crippen LogP contribution in [0.3, 0.4) is 0 Å². The van der Waals surface area contributed by atoms with E-state index in [1.807, 2.05) is 0 Å². The molecule has 0 aliphatic carbocycles. The lowest BCUT2D eigenvalue weighted by molar-refractivity contribution is 0.102. The summed E-state index contributed by atoms with van der Waals surface area (Å²) in [7, 11) is 0. The summed E-state index contributed by atoms with van der Waals surface area (Å²) >= 11 is 9.23. The first-order chi connectivity index (χ1) is 10.5. The molecule has 3 rings (SSSR count). The maximum Gasteiger partial charge on any atom is 0.336 e. The molecule has 1 amide bonds. The van der Waals surface area contributed by atoms with Crippen molar-refractivity contribution in [3.63, 3.8) is 0 Å². The monoisotopic (exact) mass is 377 g/mol. The first-order valence-corrected chi connectivity index (χ1v) is 7.51. The SMILES string of the molecule is O=C(Nc1ccc2oc(=O)ccc2c1Br)c1ccc(Cl)cc1. The minimum Gasteiger partial charge on any atom is -0.423 e. The fourth-order valence-electron chi connectivity index (χ4n) is 2.01. The highest BCUT2D eigenvalue weighted by Crippen LogP contribution is 2.31. The van der Waals surface area contributed by atoms with Crippen LogP contribution < -0.4 is 10.9 Å². The van der Waals surface area contributed by atoms with E-state index in [0.29, 0.717) is 31.7 Å².